The topological polar surface area (TPSA) is 24.7 Å². The summed E-state index contributed by atoms with van der Waals surface area (Å²) in [5.74, 6) is 0. The van der Waals surface area contributed by atoms with E-state index in [2.05, 4.69) is 10.2 Å². The molecule has 3 heteroatoms. The van der Waals surface area contributed by atoms with Crippen molar-refractivity contribution in [1.82, 2.24) is 0 Å². The van der Waals surface area contributed by atoms with Gasteiger partial charge in [-0.2, -0.15) is 10.2 Å². The molecule has 1 aliphatic rings. The fourth-order valence-corrected chi connectivity index (χ4v) is 0.474. The minimum Gasteiger partial charge on any atom is -0.193 e. The Hall–Kier alpha value is -0.110. The van der Waals surface area contributed by atoms with Crippen LogP contribution in [0.15, 0.2) is 10.2 Å². The summed E-state index contributed by atoms with van der Waals surface area (Å²) in [5, 5.41) is 7.50. The Bertz CT molecular complexity index is 63.2. The van der Waals surface area contributed by atoms with Crippen LogP contribution in [-0.2, 0) is 0 Å². The van der Waals surface area contributed by atoms with Crippen molar-refractivity contribution in [2.24, 2.45) is 10.2 Å². The lowest BCUT2D eigenvalue weighted by Gasteiger charge is -1.84. The molecule has 1 heterocycles. The van der Waals surface area contributed by atoms with E-state index in [9.17, 15) is 0 Å². The molecule has 0 amide bonds. The lowest BCUT2D eigenvalue weighted by atomic mass is 10.5. The largest absolute Gasteiger partial charge is 0.193 e. The first-order valence-electron chi connectivity index (χ1n) is 1.87. The van der Waals surface area contributed by atoms with Crippen LogP contribution in [-0.4, -0.2) is 18.5 Å². The maximum atomic E-state index is 5.52. The number of alkyl halides is 1. The van der Waals surface area contributed by atoms with Crippen molar-refractivity contribution in [2.45, 2.75) is 5.38 Å². The van der Waals surface area contributed by atoms with Gasteiger partial charge >= 0.3 is 0 Å². The molecule has 0 saturated carbocycles. The van der Waals surface area contributed by atoms with E-state index < -0.39 is 0 Å². The van der Waals surface area contributed by atoms with Crippen molar-refractivity contribution >= 4 is 11.6 Å². The molecule has 0 atom stereocenters. The quantitative estimate of drug-likeness (QED) is 0.411. The third kappa shape index (κ3) is 0.684. The number of halogens is 1. The SMILES string of the molecule is ClC1CN=NC1. The first kappa shape index (κ1) is 4.06. The van der Waals surface area contributed by atoms with Gasteiger partial charge in [-0.1, -0.05) is 0 Å². The van der Waals surface area contributed by atoms with Crippen molar-refractivity contribution in [3.8, 4) is 0 Å². The molecule has 0 unspecified atom stereocenters. The van der Waals surface area contributed by atoms with E-state index in [1.54, 1.807) is 0 Å². The van der Waals surface area contributed by atoms with Gasteiger partial charge in [0.05, 0.1) is 18.5 Å². The second kappa shape index (κ2) is 1.56. The molecule has 1 rings (SSSR count). The maximum Gasteiger partial charge on any atom is 0.0781 e. The van der Waals surface area contributed by atoms with Gasteiger partial charge < -0.3 is 0 Å². The molecule has 0 aromatic heterocycles. The summed E-state index contributed by atoms with van der Waals surface area (Å²) in [7, 11) is 0. The van der Waals surface area contributed by atoms with Crippen LogP contribution in [0.3, 0.4) is 0 Å². The smallest absolute Gasteiger partial charge is 0.0781 e. The summed E-state index contributed by atoms with van der Waals surface area (Å²) in [6.07, 6.45) is 0. The van der Waals surface area contributed by atoms with Gasteiger partial charge in [-0.25, -0.2) is 0 Å². The molecule has 6 heavy (non-hydrogen) atoms. The van der Waals surface area contributed by atoms with Gasteiger partial charge in [0.1, 0.15) is 0 Å². The second-order valence-corrected chi connectivity index (χ2v) is 1.86. The highest BCUT2D eigenvalue weighted by molar-refractivity contribution is 6.21. The van der Waals surface area contributed by atoms with Gasteiger partial charge in [0.25, 0.3) is 0 Å². The van der Waals surface area contributed by atoms with Crippen molar-refractivity contribution in [2.75, 3.05) is 13.1 Å². The molecule has 0 N–H and O–H groups in total. The first-order valence-corrected chi connectivity index (χ1v) is 2.30. The predicted octanol–water partition coefficient (Wildman–Crippen LogP) is 1.06. The van der Waals surface area contributed by atoms with E-state index in [4.69, 9.17) is 11.6 Å². The van der Waals surface area contributed by atoms with Gasteiger partial charge in [-0.15, -0.1) is 11.6 Å². The van der Waals surface area contributed by atoms with E-state index in [-0.39, 0.29) is 5.38 Å². The molecular formula is C3H5ClN2. The summed E-state index contributed by atoms with van der Waals surface area (Å²) in [6.45, 7) is 1.42. The van der Waals surface area contributed by atoms with Crippen molar-refractivity contribution < 1.29 is 0 Å². The Morgan fingerprint density at radius 3 is 2.00 bits per heavy atom. The van der Waals surface area contributed by atoms with Gasteiger partial charge in [-0.3, -0.25) is 0 Å². The third-order valence-electron chi connectivity index (χ3n) is 0.660. The summed E-state index contributed by atoms with van der Waals surface area (Å²) < 4.78 is 0. The summed E-state index contributed by atoms with van der Waals surface area (Å²) >= 11 is 5.52. The van der Waals surface area contributed by atoms with Crippen molar-refractivity contribution in [1.29, 1.82) is 0 Å². The molecule has 0 spiro atoms. The number of azo groups is 1. The van der Waals surface area contributed by atoms with Crippen LogP contribution >= 0.6 is 11.6 Å². The molecule has 0 aromatic carbocycles. The lowest BCUT2D eigenvalue weighted by molar-refractivity contribution is 0.988. The monoisotopic (exact) mass is 104 g/mol. The Balaban J connectivity index is 2.32. The maximum absolute atomic E-state index is 5.52. The van der Waals surface area contributed by atoms with Crippen LogP contribution in [0, 0.1) is 0 Å². The zero-order chi connectivity index (χ0) is 4.41. The van der Waals surface area contributed by atoms with Gasteiger partial charge in [0.2, 0.25) is 0 Å². The van der Waals surface area contributed by atoms with Crippen molar-refractivity contribution in [3.63, 3.8) is 0 Å². The number of rotatable bonds is 0. The molecule has 0 radical (unpaired) electrons. The van der Waals surface area contributed by atoms with E-state index in [1.165, 1.54) is 0 Å². The molecular weight excluding hydrogens is 99.5 g/mol. The van der Waals surface area contributed by atoms with Gasteiger partial charge in [-0.05, 0) is 0 Å². The molecule has 0 bridgehead atoms. The van der Waals surface area contributed by atoms with Crippen LogP contribution in [0.25, 0.3) is 0 Å². The van der Waals surface area contributed by atoms with E-state index >= 15 is 0 Å². The summed E-state index contributed by atoms with van der Waals surface area (Å²) in [6, 6.07) is 0. The average molecular weight is 105 g/mol. The van der Waals surface area contributed by atoms with Crippen LogP contribution in [0.4, 0.5) is 0 Å². The van der Waals surface area contributed by atoms with Crippen molar-refractivity contribution in [3.05, 3.63) is 0 Å². The van der Waals surface area contributed by atoms with E-state index in [0.717, 1.165) is 0 Å². The standard InChI is InChI=1S/C3H5ClN2/c4-3-1-5-6-2-3/h3H,1-2H2. The highest BCUT2D eigenvalue weighted by Gasteiger charge is 2.05. The lowest BCUT2D eigenvalue weighted by Crippen LogP contribution is -1.98. The molecule has 0 aromatic rings. The molecule has 1 aliphatic heterocycles. The number of hydrogen-bond acceptors (Lipinski definition) is 2. The molecule has 2 nitrogen and oxygen atoms in total. The van der Waals surface area contributed by atoms with Gasteiger partial charge in [0.15, 0.2) is 0 Å². The highest BCUT2D eigenvalue weighted by atomic mass is 35.5. The fourth-order valence-electron chi connectivity index (χ4n) is 0.350. The normalized spacial score (nSPS) is 22.8. The van der Waals surface area contributed by atoms with Crippen LogP contribution in [0.5, 0.6) is 0 Å². The summed E-state index contributed by atoms with van der Waals surface area (Å²) in [4.78, 5) is 0. The zero-order valence-electron chi connectivity index (χ0n) is 3.26. The third-order valence-corrected chi connectivity index (χ3v) is 0.936. The summed E-state index contributed by atoms with van der Waals surface area (Å²) in [5.41, 5.74) is 0. The Morgan fingerprint density at radius 1 is 1.33 bits per heavy atom. The number of nitrogens with zero attached hydrogens (tertiary/aromatic N) is 2. The zero-order valence-corrected chi connectivity index (χ0v) is 4.02. The van der Waals surface area contributed by atoms with Gasteiger partial charge in [0, 0.05) is 0 Å². The fraction of sp³-hybridized carbons (Fsp3) is 1.00. The van der Waals surface area contributed by atoms with E-state index in [1.807, 2.05) is 0 Å². The van der Waals surface area contributed by atoms with Crippen LogP contribution < -0.4 is 0 Å². The first-order chi connectivity index (χ1) is 2.89. The molecule has 0 saturated heterocycles. The highest BCUT2D eigenvalue weighted by Crippen LogP contribution is 2.03. The minimum absolute atomic E-state index is 0.185. The Morgan fingerprint density at radius 2 is 1.83 bits per heavy atom. The second-order valence-electron chi connectivity index (χ2n) is 1.25. The predicted molar refractivity (Wildman–Crippen MR) is 24.2 cm³/mol. The number of hydrogen-bond donors (Lipinski definition) is 0. The molecule has 34 valence electrons. The minimum atomic E-state index is 0.185. The molecule has 0 fully saturated rings. The van der Waals surface area contributed by atoms with Crippen LogP contribution in [0.1, 0.15) is 0 Å². The Labute approximate surface area is 41.2 Å². The Kier molecular flexibility index (Phi) is 1.05. The molecule has 0 aliphatic carbocycles. The van der Waals surface area contributed by atoms with Crippen LogP contribution in [0.2, 0.25) is 0 Å². The van der Waals surface area contributed by atoms with E-state index in [0.29, 0.717) is 13.1 Å². The average Bonchev–Trinajstić information content (AvgIpc) is 1.86.